The van der Waals surface area contributed by atoms with E-state index in [1.807, 2.05) is 12.1 Å². The molecule has 1 aromatic carbocycles. The number of carbonyl (C=O) groups excluding carboxylic acids is 1. The molecule has 1 aliphatic heterocycles. The predicted molar refractivity (Wildman–Crippen MR) is 105 cm³/mol. The quantitative estimate of drug-likeness (QED) is 0.844. The predicted octanol–water partition coefficient (Wildman–Crippen LogP) is 3.02. The van der Waals surface area contributed by atoms with E-state index in [1.54, 1.807) is 10.4 Å². The smallest absolute Gasteiger partial charge is 0.243 e. The van der Waals surface area contributed by atoms with Gasteiger partial charge in [-0.25, -0.2) is 8.42 Å². The summed E-state index contributed by atoms with van der Waals surface area (Å²) in [6.45, 7) is 1.23. The van der Waals surface area contributed by atoms with Gasteiger partial charge in [-0.05, 0) is 68.2 Å². The molecule has 148 valence electrons. The van der Waals surface area contributed by atoms with Gasteiger partial charge in [0.15, 0.2) is 0 Å². The van der Waals surface area contributed by atoms with E-state index in [4.69, 9.17) is 0 Å². The molecule has 4 rings (SSSR count). The van der Waals surface area contributed by atoms with E-state index in [1.165, 1.54) is 11.1 Å². The van der Waals surface area contributed by atoms with Crippen LogP contribution in [0.1, 0.15) is 62.5 Å². The van der Waals surface area contributed by atoms with Crippen molar-refractivity contribution in [3.8, 4) is 0 Å². The van der Waals surface area contributed by atoms with Crippen LogP contribution in [0.5, 0.6) is 0 Å². The summed E-state index contributed by atoms with van der Waals surface area (Å²) in [5.41, 5.74) is 2.46. The average Bonchev–Trinajstić information content (AvgIpc) is 3.31. The van der Waals surface area contributed by atoms with Crippen LogP contribution in [-0.2, 0) is 27.7 Å². The molecular formula is C21H30N2O3S. The Kier molecular flexibility index (Phi) is 5.55. The first-order valence-electron chi connectivity index (χ1n) is 10.5. The first-order valence-corrected chi connectivity index (χ1v) is 11.9. The monoisotopic (exact) mass is 390 g/mol. The minimum atomic E-state index is -3.59. The fourth-order valence-electron chi connectivity index (χ4n) is 4.99. The summed E-state index contributed by atoms with van der Waals surface area (Å²) in [7, 11) is -3.59. The minimum absolute atomic E-state index is 0.0357. The molecule has 0 bridgehead atoms. The third kappa shape index (κ3) is 3.79. The van der Waals surface area contributed by atoms with Crippen LogP contribution < -0.4 is 5.32 Å². The summed E-state index contributed by atoms with van der Waals surface area (Å²) in [6, 6.07) is 5.43. The molecule has 27 heavy (non-hydrogen) atoms. The number of nitrogens with one attached hydrogen (secondary N) is 1. The van der Waals surface area contributed by atoms with E-state index in [9.17, 15) is 13.2 Å². The first-order chi connectivity index (χ1) is 13.1. The maximum Gasteiger partial charge on any atom is 0.243 e. The Labute approximate surface area is 162 Å². The number of rotatable bonds is 2. The lowest BCUT2D eigenvalue weighted by molar-refractivity contribution is -0.125. The summed E-state index contributed by atoms with van der Waals surface area (Å²) in [5.74, 6) is -0.180. The first kappa shape index (κ1) is 18.9. The van der Waals surface area contributed by atoms with Crippen molar-refractivity contribution < 1.29 is 13.2 Å². The topological polar surface area (TPSA) is 66.5 Å². The van der Waals surface area contributed by atoms with Crippen LogP contribution in [0.2, 0.25) is 0 Å². The summed E-state index contributed by atoms with van der Waals surface area (Å²) < 4.78 is 28.8. The van der Waals surface area contributed by atoms with Gasteiger partial charge in [0.2, 0.25) is 15.9 Å². The van der Waals surface area contributed by atoms with Gasteiger partial charge in [-0.15, -0.1) is 0 Å². The van der Waals surface area contributed by atoms with Gasteiger partial charge in [0.1, 0.15) is 0 Å². The van der Waals surface area contributed by atoms with Gasteiger partial charge < -0.3 is 5.32 Å². The number of benzene rings is 1. The standard InChI is InChI=1S/C21H30N2O3S/c24-21-19-9-6-10-20(19)23(14-4-2-1-3-13-22-21)27(25,26)18-12-11-16-7-5-8-17(16)15-18/h11-12,15,19-20H,1-10,13-14H2,(H,22,24)/t19-,20+/m1/s1. The van der Waals surface area contributed by atoms with Crippen LogP contribution in [0, 0.1) is 5.92 Å². The zero-order chi connectivity index (χ0) is 18.9. The zero-order valence-electron chi connectivity index (χ0n) is 16.0. The molecule has 1 N–H and O–H groups in total. The number of nitrogens with zero attached hydrogens (tertiary/aromatic N) is 1. The Bertz CT molecular complexity index is 806. The molecule has 5 nitrogen and oxygen atoms in total. The van der Waals surface area contributed by atoms with Crippen molar-refractivity contribution in [3.63, 3.8) is 0 Å². The summed E-state index contributed by atoms with van der Waals surface area (Å²) in [5, 5.41) is 3.04. The Hall–Kier alpha value is -1.40. The number of hydrogen-bond acceptors (Lipinski definition) is 3. The number of sulfonamides is 1. The van der Waals surface area contributed by atoms with Gasteiger partial charge in [0, 0.05) is 19.1 Å². The summed E-state index contributed by atoms with van der Waals surface area (Å²) >= 11 is 0. The molecule has 1 aromatic rings. The van der Waals surface area contributed by atoms with Crippen molar-refractivity contribution in [1.29, 1.82) is 0 Å². The highest BCUT2D eigenvalue weighted by molar-refractivity contribution is 7.89. The van der Waals surface area contributed by atoms with E-state index in [0.717, 1.165) is 64.2 Å². The molecular weight excluding hydrogens is 360 g/mol. The van der Waals surface area contributed by atoms with Gasteiger partial charge in [0.25, 0.3) is 0 Å². The highest BCUT2D eigenvalue weighted by Crippen LogP contribution is 2.35. The Morgan fingerprint density at radius 1 is 0.926 bits per heavy atom. The molecule has 6 heteroatoms. The van der Waals surface area contributed by atoms with Gasteiger partial charge in [0.05, 0.1) is 10.8 Å². The highest BCUT2D eigenvalue weighted by Gasteiger charge is 2.42. The maximum absolute atomic E-state index is 13.6. The van der Waals surface area contributed by atoms with Crippen molar-refractivity contribution in [2.24, 2.45) is 5.92 Å². The average molecular weight is 391 g/mol. The van der Waals surface area contributed by atoms with Crippen LogP contribution in [0.3, 0.4) is 0 Å². The minimum Gasteiger partial charge on any atom is -0.356 e. The van der Waals surface area contributed by atoms with Gasteiger partial charge >= 0.3 is 0 Å². The van der Waals surface area contributed by atoms with E-state index in [0.29, 0.717) is 18.0 Å². The third-order valence-corrected chi connectivity index (χ3v) is 8.39. The molecule has 3 aliphatic rings. The number of fused-ring (bicyclic) bond motifs is 2. The van der Waals surface area contributed by atoms with Crippen molar-refractivity contribution in [2.75, 3.05) is 13.1 Å². The largest absolute Gasteiger partial charge is 0.356 e. The van der Waals surface area contributed by atoms with Crippen molar-refractivity contribution in [1.82, 2.24) is 9.62 Å². The van der Waals surface area contributed by atoms with Crippen LogP contribution in [0.25, 0.3) is 0 Å². The Morgan fingerprint density at radius 3 is 2.63 bits per heavy atom. The fourth-order valence-corrected chi connectivity index (χ4v) is 6.77. The van der Waals surface area contributed by atoms with Gasteiger partial charge in [-0.3, -0.25) is 4.79 Å². The molecule has 1 heterocycles. The molecule has 0 aromatic heterocycles. The molecule has 2 aliphatic carbocycles. The van der Waals surface area contributed by atoms with E-state index >= 15 is 0 Å². The Morgan fingerprint density at radius 2 is 1.74 bits per heavy atom. The SMILES string of the molecule is O=C1NCCCCCCN(S(=O)(=O)c2ccc3c(c2)CCC3)[C@H]2CCC[C@@H]12. The van der Waals surface area contributed by atoms with E-state index in [-0.39, 0.29) is 17.9 Å². The molecule has 0 unspecified atom stereocenters. The normalized spacial score (nSPS) is 27.5. The molecule has 1 amide bonds. The second-order valence-corrected chi connectivity index (χ2v) is 10.1. The maximum atomic E-state index is 13.6. The van der Waals surface area contributed by atoms with Crippen molar-refractivity contribution in [2.45, 2.75) is 75.1 Å². The fraction of sp³-hybridized carbons (Fsp3) is 0.667. The van der Waals surface area contributed by atoms with Crippen LogP contribution in [0.4, 0.5) is 0 Å². The lowest BCUT2D eigenvalue weighted by atomic mass is 10.0. The van der Waals surface area contributed by atoms with E-state index in [2.05, 4.69) is 5.32 Å². The second kappa shape index (κ2) is 7.92. The van der Waals surface area contributed by atoms with Gasteiger partial charge in [-0.2, -0.15) is 4.31 Å². The molecule has 1 saturated carbocycles. The van der Waals surface area contributed by atoms with Crippen molar-refractivity contribution >= 4 is 15.9 Å². The second-order valence-electron chi connectivity index (χ2n) is 8.21. The van der Waals surface area contributed by atoms with E-state index < -0.39 is 10.0 Å². The highest BCUT2D eigenvalue weighted by atomic mass is 32.2. The summed E-state index contributed by atoms with van der Waals surface area (Å²) in [6.07, 6.45) is 9.47. The molecule has 1 saturated heterocycles. The molecule has 0 spiro atoms. The number of aryl methyl sites for hydroxylation is 2. The number of amides is 1. The van der Waals surface area contributed by atoms with Gasteiger partial charge in [-0.1, -0.05) is 25.3 Å². The van der Waals surface area contributed by atoms with Crippen molar-refractivity contribution in [3.05, 3.63) is 29.3 Å². The number of hydrogen-bond donors (Lipinski definition) is 1. The molecule has 2 atom stereocenters. The lowest BCUT2D eigenvalue weighted by Gasteiger charge is -2.31. The van der Waals surface area contributed by atoms with Crippen LogP contribution >= 0.6 is 0 Å². The Balaban J connectivity index is 1.67. The summed E-state index contributed by atoms with van der Waals surface area (Å²) in [4.78, 5) is 13.1. The molecule has 0 radical (unpaired) electrons. The van der Waals surface area contributed by atoms with Crippen LogP contribution in [0.15, 0.2) is 23.1 Å². The lowest BCUT2D eigenvalue weighted by Crippen LogP contribution is -2.47. The zero-order valence-corrected chi connectivity index (χ0v) is 16.8. The number of carbonyl (C=O) groups is 1. The third-order valence-electron chi connectivity index (χ3n) is 6.47. The van der Waals surface area contributed by atoms with Crippen LogP contribution in [-0.4, -0.2) is 37.8 Å². The molecule has 2 fully saturated rings.